The third kappa shape index (κ3) is 2.44. The summed E-state index contributed by atoms with van der Waals surface area (Å²) in [6, 6.07) is 14.5. The Hall–Kier alpha value is -2.49. The van der Waals surface area contributed by atoms with Crippen LogP contribution in [0.1, 0.15) is 24.2 Å². The Labute approximate surface area is 124 Å². The molecular formula is C17H19N3O. The van der Waals surface area contributed by atoms with Crippen LogP contribution in [-0.4, -0.2) is 16.9 Å². The number of hydrogen-bond acceptors (Lipinski definition) is 3. The molecule has 2 N–H and O–H groups in total. The zero-order valence-corrected chi connectivity index (χ0v) is 12.5. The highest BCUT2D eigenvalue weighted by Crippen LogP contribution is 2.27. The highest BCUT2D eigenvalue weighted by molar-refractivity contribution is 5.84. The Bertz CT molecular complexity index is 792. The van der Waals surface area contributed by atoms with Crippen LogP contribution in [0.4, 0.5) is 5.82 Å². The average Bonchev–Trinajstić information content (AvgIpc) is 2.84. The molecule has 4 nitrogen and oxygen atoms in total. The third-order valence-corrected chi connectivity index (χ3v) is 3.81. The van der Waals surface area contributed by atoms with Crippen molar-refractivity contribution in [2.75, 3.05) is 12.8 Å². The number of benzene rings is 2. The van der Waals surface area contributed by atoms with Gasteiger partial charge in [-0.15, -0.1) is 0 Å². The van der Waals surface area contributed by atoms with E-state index in [-0.39, 0.29) is 6.04 Å². The van der Waals surface area contributed by atoms with Gasteiger partial charge in [-0.1, -0.05) is 18.2 Å². The van der Waals surface area contributed by atoms with Gasteiger partial charge in [-0.2, -0.15) is 5.10 Å². The van der Waals surface area contributed by atoms with Crippen molar-refractivity contribution < 1.29 is 4.74 Å². The lowest BCUT2D eigenvalue weighted by molar-refractivity contribution is 0.415. The van der Waals surface area contributed by atoms with Crippen molar-refractivity contribution in [2.24, 2.45) is 0 Å². The molecule has 0 fully saturated rings. The summed E-state index contributed by atoms with van der Waals surface area (Å²) in [6.45, 7) is 4.06. The van der Waals surface area contributed by atoms with E-state index in [1.807, 2.05) is 29.8 Å². The van der Waals surface area contributed by atoms with Crippen molar-refractivity contribution in [3.63, 3.8) is 0 Å². The maximum atomic E-state index is 6.01. The van der Waals surface area contributed by atoms with Crippen molar-refractivity contribution in [2.45, 2.75) is 19.9 Å². The molecule has 0 radical (unpaired) electrons. The van der Waals surface area contributed by atoms with Crippen molar-refractivity contribution in [3.05, 3.63) is 53.7 Å². The largest absolute Gasteiger partial charge is 0.497 e. The van der Waals surface area contributed by atoms with E-state index < -0.39 is 0 Å². The average molecular weight is 281 g/mol. The number of ether oxygens (including phenoxy) is 1. The molecule has 1 heterocycles. The number of rotatable bonds is 3. The molecule has 2 aromatic carbocycles. The van der Waals surface area contributed by atoms with Gasteiger partial charge in [0.25, 0.3) is 0 Å². The fourth-order valence-corrected chi connectivity index (χ4v) is 2.62. The Balaban J connectivity index is 2.02. The van der Waals surface area contributed by atoms with Crippen molar-refractivity contribution in [1.29, 1.82) is 0 Å². The zero-order valence-electron chi connectivity index (χ0n) is 12.5. The molecule has 3 rings (SSSR count). The smallest absolute Gasteiger partial charge is 0.122 e. The first-order valence-electron chi connectivity index (χ1n) is 6.98. The van der Waals surface area contributed by atoms with Gasteiger partial charge in [0.1, 0.15) is 11.6 Å². The Morgan fingerprint density at radius 1 is 1.10 bits per heavy atom. The second kappa shape index (κ2) is 5.13. The van der Waals surface area contributed by atoms with Crippen LogP contribution in [-0.2, 0) is 0 Å². The van der Waals surface area contributed by atoms with Gasteiger partial charge >= 0.3 is 0 Å². The van der Waals surface area contributed by atoms with E-state index in [2.05, 4.69) is 36.3 Å². The first-order valence-corrected chi connectivity index (χ1v) is 6.98. The normalized spacial score (nSPS) is 12.5. The van der Waals surface area contributed by atoms with Gasteiger partial charge in [0, 0.05) is 6.07 Å². The quantitative estimate of drug-likeness (QED) is 0.798. The monoisotopic (exact) mass is 281 g/mol. The molecule has 4 heteroatoms. The van der Waals surface area contributed by atoms with Gasteiger partial charge in [0.05, 0.1) is 18.8 Å². The van der Waals surface area contributed by atoms with Crippen LogP contribution >= 0.6 is 0 Å². The lowest BCUT2D eigenvalue weighted by Gasteiger charge is -2.15. The molecule has 0 amide bonds. The van der Waals surface area contributed by atoms with Crippen molar-refractivity contribution in [3.8, 4) is 5.75 Å². The van der Waals surface area contributed by atoms with E-state index >= 15 is 0 Å². The topological polar surface area (TPSA) is 53.1 Å². The Morgan fingerprint density at radius 3 is 2.48 bits per heavy atom. The number of fused-ring (bicyclic) bond motifs is 1. The highest BCUT2D eigenvalue weighted by atomic mass is 16.5. The van der Waals surface area contributed by atoms with Crippen LogP contribution in [0.15, 0.2) is 42.5 Å². The van der Waals surface area contributed by atoms with E-state index in [9.17, 15) is 0 Å². The highest BCUT2D eigenvalue weighted by Gasteiger charge is 2.12. The fourth-order valence-electron chi connectivity index (χ4n) is 2.62. The molecule has 0 bridgehead atoms. The number of aryl methyl sites for hydroxylation is 1. The molecule has 1 aromatic heterocycles. The maximum Gasteiger partial charge on any atom is 0.122 e. The van der Waals surface area contributed by atoms with Crippen LogP contribution in [0.3, 0.4) is 0 Å². The summed E-state index contributed by atoms with van der Waals surface area (Å²) < 4.78 is 7.12. The minimum absolute atomic E-state index is 0.102. The molecule has 108 valence electrons. The molecule has 0 aliphatic heterocycles. The lowest BCUT2D eigenvalue weighted by atomic mass is 10.0. The number of nitrogen functional groups attached to an aromatic ring is 1. The van der Waals surface area contributed by atoms with Gasteiger partial charge in [0.2, 0.25) is 0 Å². The Kier molecular flexibility index (Phi) is 3.29. The van der Waals surface area contributed by atoms with Crippen LogP contribution in [0.25, 0.3) is 10.8 Å². The van der Waals surface area contributed by atoms with Crippen LogP contribution in [0.5, 0.6) is 5.75 Å². The van der Waals surface area contributed by atoms with Crippen LogP contribution < -0.4 is 10.5 Å². The van der Waals surface area contributed by atoms with Gasteiger partial charge < -0.3 is 10.5 Å². The molecule has 0 spiro atoms. The molecule has 0 saturated heterocycles. The van der Waals surface area contributed by atoms with Crippen molar-refractivity contribution in [1.82, 2.24) is 9.78 Å². The molecule has 0 saturated carbocycles. The second-order valence-corrected chi connectivity index (χ2v) is 5.30. The minimum atomic E-state index is 0.102. The number of nitrogens with zero attached hydrogens (tertiary/aromatic N) is 2. The zero-order chi connectivity index (χ0) is 15.0. The maximum absolute atomic E-state index is 6.01. The summed E-state index contributed by atoms with van der Waals surface area (Å²) in [5, 5.41) is 6.81. The summed E-state index contributed by atoms with van der Waals surface area (Å²) in [5.74, 6) is 1.56. The molecule has 0 aliphatic carbocycles. The number of nitrogens with two attached hydrogens (primary N) is 1. The SMILES string of the molecule is COc1ccc2cc(C(C)n3nc(C)cc3N)ccc2c1. The van der Waals surface area contributed by atoms with Gasteiger partial charge in [-0.3, -0.25) is 0 Å². The molecular weight excluding hydrogens is 262 g/mol. The van der Waals surface area contributed by atoms with Crippen LogP contribution in [0.2, 0.25) is 0 Å². The predicted molar refractivity (Wildman–Crippen MR) is 85.7 cm³/mol. The summed E-state index contributed by atoms with van der Waals surface area (Å²) in [5.41, 5.74) is 8.13. The summed E-state index contributed by atoms with van der Waals surface area (Å²) in [7, 11) is 1.68. The second-order valence-electron chi connectivity index (χ2n) is 5.30. The first-order chi connectivity index (χ1) is 10.1. The van der Waals surface area contributed by atoms with Gasteiger partial charge in [0.15, 0.2) is 0 Å². The summed E-state index contributed by atoms with van der Waals surface area (Å²) >= 11 is 0. The number of methoxy groups -OCH3 is 1. The standard InChI is InChI=1S/C17H19N3O/c1-11-8-17(18)20(19-11)12(2)13-4-5-15-10-16(21-3)7-6-14(15)9-13/h4-10,12H,18H2,1-3H3. The number of hydrogen-bond donors (Lipinski definition) is 1. The summed E-state index contributed by atoms with van der Waals surface area (Å²) in [4.78, 5) is 0. The van der Waals surface area contributed by atoms with E-state index in [0.717, 1.165) is 16.8 Å². The molecule has 3 aromatic rings. The number of anilines is 1. The van der Waals surface area contributed by atoms with E-state index in [1.54, 1.807) is 7.11 Å². The fraction of sp³-hybridized carbons (Fsp3) is 0.235. The van der Waals surface area contributed by atoms with Gasteiger partial charge in [-0.25, -0.2) is 4.68 Å². The van der Waals surface area contributed by atoms with E-state index in [0.29, 0.717) is 5.82 Å². The van der Waals surface area contributed by atoms with Gasteiger partial charge in [-0.05, 0) is 48.4 Å². The third-order valence-electron chi connectivity index (χ3n) is 3.81. The first kappa shape index (κ1) is 13.5. The van der Waals surface area contributed by atoms with E-state index in [1.165, 1.54) is 10.9 Å². The lowest BCUT2D eigenvalue weighted by Crippen LogP contribution is -2.11. The van der Waals surface area contributed by atoms with E-state index in [4.69, 9.17) is 10.5 Å². The molecule has 0 aliphatic rings. The minimum Gasteiger partial charge on any atom is -0.497 e. The predicted octanol–water partition coefficient (Wildman–Crippen LogP) is 3.54. The molecule has 21 heavy (non-hydrogen) atoms. The molecule has 1 unspecified atom stereocenters. The molecule has 1 atom stereocenters. The number of aromatic nitrogens is 2. The Morgan fingerprint density at radius 2 is 1.81 bits per heavy atom. The summed E-state index contributed by atoms with van der Waals surface area (Å²) in [6.07, 6.45) is 0. The van der Waals surface area contributed by atoms with Crippen LogP contribution in [0, 0.1) is 6.92 Å². The van der Waals surface area contributed by atoms with Crippen molar-refractivity contribution >= 4 is 16.6 Å².